The van der Waals surface area contributed by atoms with Crippen molar-refractivity contribution >= 4 is 40.5 Å². The summed E-state index contributed by atoms with van der Waals surface area (Å²) in [5.41, 5.74) is 14.3. The van der Waals surface area contributed by atoms with Crippen LogP contribution < -0.4 is 38.5 Å². The Hall–Kier alpha value is -3.57. The second-order valence-electron chi connectivity index (χ2n) is 9.32. The normalized spacial score (nSPS) is 18.7. The number of anilines is 2. The van der Waals surface area contributed by atoms with Crippen molar-refractivity contribution < 1.29 is 4.79 Å². The number of amides is 1. The minimum absolute atomic E-state index is 0.00497. The van der Waals surface area contributed by atoms with Gasteiger partial charge in [0.2, 0.25) is 5.91 Å². The molecular weight excluding hydrogens is 539 g/mol. The average Bonchev–Trinajstić information content (AvgIpc) is 2.91. The van der Waals surface area contributed by atoms with E-state index in [9.17, 15) is 9.59 Å². The summed E-state index contributed by atoms with van der Waals surface area (Å²) < 4.78 is 1.63. The van der Waals surface area contributed by atoms with Crippen LogP contribution in [0.5, 0.6) is 0 Å². The zero-order valence-electron chi connectivity index (χ0n) is 21.3. The molecule has 1 aromatic heterocycles. The zero-order valence-corrected chi connectivity index (χ0v) is 22.8. The van der Waals surface area contributed by atoms with Crippen LogP contribution in [0.25, 0.3) is 11.3 Å². The molecule has 2 atom stereocenters. The molecule has 2 aromatic carbocycles. The summed E-state index contributed by atoms with van der Waals surface area (Å²) in [6.07, 6.45) is 6.20. The smallest absolute Gasteiger partial charge is 0.254 e. The standard InChI is InChI=1S/C27H32Cl2N8O2/c28-18-8-9-24(37(32)15-25(29)31)20(12-18)21-13-26(38)36(16-34-21)23-7-2-1-3-10-33-27(39)22(14-30)35-19-6-4-5-17(23)11-19/h4-6,8-9,11-13,15-16,22-23,35H,1-3,7,10,14,30-32H2,(H,33,39)/b25-15-. The topological polar surface area (TPSA) is 157 Å². The largest absolute Gasteiger partial charge is 0.388 e. The molecule has 8 N–H and O–H groups in total. The molecule has 0 saturated heterocycles. The van der Waals surface area contributed by atoms with Gasteiger partial charge in [0.1, 0.15) is 11.2 Å². The van der Waals surface area contributed by atoms with Crippen molar-refractivity contribution in [3.63, 3.8) is 0 Å². The van der Waals surface area contributed by atoms with Crippen LogP contribution in [0.2, 0.25) is 5.02 Å². The van der Waals surface area contributed by atoms with Crippen LogP contribution in [0.15, 0.2) is 71.0 Å². The molecular formula is C27H32Cl2N8O2. The lowest BCUT2D eigenvalue weighted by Gasteiger charge is -2.22. The van der Waals surface area contributed by atoms with Gasteiger partial charge in [0.15, 0.2) is 0 Å². The highest BCUT2D eigenvalue weighted by atomic mass is 35.5. The fourth-order valence-electron chi connectivity index (χ4n) is 4.64. The Bertz CT molecular complexity index is 1410. The lowest BCUT2D eigenvalue weighted by molar-refractivity contribution is -0.121. The highest BCUT2D eigenvalue weighted by molar-refractivity contribution is 6.31. The van der Waals surface area contributed by atoms with Crippen LogP contribution >= 0.6 is 23.2 Å². The fourth-order valence-corrected chi connectivity index (χ4v) is 4.92. The molecule has 1 aliphatic heterocycles. The number of hydrazine groups is 1. The predicted molar refractivity (Wildman–Crippen MR) is 156 cm³/mol. The summed E-state index contributed by atoms with van der Waals surface area (Å²) >= 11 is 12.1. The van der Waals surface area contributed by atoms with Gasteiger partial charge in [-0.2, -0.15) is 0 Å². The lowest BCUT2D eigenvalue weighted by atomic mass is 9.99. The number of nitrogens with zero attached hydrogens (tertiary/aromatic N) is 3. The number of rotatable bonds is 5. The van der Waals surface area contributed by atoms with Crippen molar-refractivity contribution in [1.82, 2.24) is 14.9 Å². The van der Waals surface area contributed by atoms with Crippen molar-refractivity contribution in [2.24, 2.45) is 17.3 Å². The molecule has 3 aromatic rings. The Kier molecular flexibility index (Phi) is 9.47. The summed E-state index contributed by atoms with van der Waals surface area (Å²) in [7, 11) is 0. The quantitative estimate of drug-likeness (QED) is 0.177. The van der Waals surface area contributed by atoms with Crippen LogP contribution in [0.3, 0.4) is 0 Å². The van der Waals surface area contributed by atoms with Gasteiger partial charge in [-0.3, -0.25) is 19.2 Å². The van der Waals surface area contributed by atoms with Gasteiger partial charge in [0.25, 0.3) is 5.56 Å². The Morgan fingerprint density at radius 2 is 1.97 bits per heavy atom. The SMILES string of the molecule is NCC1Nc2cccc(c2)C(n2cnc(-c3cc(Cl)ccc3N(N)/C=C(\N)Cl)cc2=O)CCCCCNC1=O. The van der Waals surface area contributed by atoms with E-state index in [1.54, 1.807) is 29.1 Å². The van der Waals surface area contributed by atoms with E-state index < -0.39 is 6.04 Å². The maximum Gasteiger partial charge on any atom is 0.254 e. The second-order valence-corrected chi connectivity index (χ2v) is 10.2. The van der Waals surface area contributed by atoms with Gasteiger partial charge in [-0.1, -0.05) is 48.2 Å². The number of carbonyl (C=O) groups is 1. The van der Waals surface area contributed by atoms with Crippen molar-refractivity contribution in [2.75, 3.05) is 23.4 Å². The van der Waals surface area contributed by atoms with Gasteiger partial charge >= 0.3 is 0 Å². The minimum Gasteiger partial charge on any atom is -0.388 e. The summed E-state index contributed by atoms with van der Waals surface area (Å²) in [5.74, 6) is 6.00. The van der Waals surface area contributed by atoms with E-state index in [4.69, 9.17) is 40.5 Å². The number of hydrogen-bond acceptors (Lipinski definition) is 8. The molecule has 2 heterocycles. The van der Waals surface area contributed by atoms with E-state index in [-0.39, 0.29) is 29.2 Å². The number of aromatic nitrogens is 2. The number of halogens is 2. The molecule has 2 bridgehead atoms. The molecule has 206 valence electrons. The molecule has 39 heavy (non-hydrogen) atoms. The number of nitrogens with one attached hydrogen (secondary N) is 2. The van der Waals surface area contributed by atoms with E-state index in [1.807, 2.05) is 24.3 Å². The molecule has 0 aliphatic carbocycles. The van der Waals surface area contributed by atoms with Crippen LogP contribution in [-0.2, 0) is 4.79 Å². The van der Waals surface area contributed by atoms with Crippen LogP contribution in [0, 0.1) is 0 Å². The zero-order chi connectivity index (χ0) is 27.9. The Labute approximate surface area is 236 Å². The molecule has 1 amide bonds. The summed E-state index contributed by atoms with van der Waals surface area (Å²) in [4.78, 5) is 30.7. The van der Waals surface area contributed by atoms with Crippen molar-refractivity contribution in [1.29, 1.82) is 0 Å². The molecule has 10 nitrogen and oxygen atoms in total. The summed E-state index contributed by atoms with van der Waals surface area (Å²) in [5, 5.41) is 7.87. The summed E-state index contributed by atoms with van der Waals surface area (Å²) in [6.45, 7) is 0.726. The van der Waals surface area contributed by atoms with E-state index in [1.165, 1.54) is 17.3 Å². The number of nitrogens with two attached hydrogens (primary N) is 3. The van der Waals surface area contributed by atoms with Gasteiger partial charge in [-0.15, -0.1) is 0 Å². The number of hydrogen-bond donors (Lipinski definition) is 5. The van der Waals surface area contributed by atoms with Gasteiger partial charge in [0.05, 0.1) is 30.0 Å². The first-order chi connectivity index (χ1) is 18.8. The van der Waals surface area contributed by atoms with Crippen molar-refractivity contribution in [3.05, 3.63) is 87.2 Å². The average molecular weight is 572 g/mol. The Balaban J connectivity index is 1.73. The molecule has 12 heteroatoms. The van der Waals surface area contributed by atoms with Gasteiger partial charge in [-0.05, 0) is 48.7 Å². The third kappa shape index (κ3) is 7.10. The fraction of sp³-hybridized carbons (Fsp3) is 0.296. The van der Waals surface area contributed by atoms with E-state index >= 15 is 0 Å². The number of benzene rings is 2. The van der Waals surface area contributed by atoms with E-state index in [0.29, 0.717) is 28.5 Å². The Morgan fingerprint density at radius 3 is 2.72 bits per heavy atom. The molecule has 0 radical (unpaired) electrons. The van der Waals surface area contributed by atoms with Crippen LogP contribution in [-0.4, -0.2) is 34.6 Å². The highest BCUT2D eigenvalue weighted by Gasteiger charge is 2.21. The van der Waals surface area contributed by atoms with Crippen LogP contribution in [0.4, 0.5) is 11.4 Å². The third-order valence-corrected chi connectivity index (χ3v) is 6.90. The van der Waals surface area contributed by atoms with Gasteiger partial charge in [0, 0.05) is 35.4 Å². The number of carbonyl (C=O) groups excluding carboxylic acids is 1. The molecule has 2 unspecified atom stereocenters. The monoisotopic (exact) mass is 570 g/mol. The molecule has 0 spiro atoms. The van der Waals surface area contributed by atoms with Crippen molar-refractivity contribution in [3.8, 4) is 11.3 Å². The van der Waals surface area contributed by atoms with Gasteiger partial charge < -0.3 is 22.1 Å². The summed E-state index contributed by atoms with van der Waals surface area (Å²) in [6, 6.07) is 13.4. The third-order valence-electron chi connectivity index (χ3n) is 6.56. The maximum atomic E-state index is 13.5. The van der Waals surface area contributed by atoms with Crippen molar-refractivity contribution in [2.45, 2.75) is 37.8 Å². The molecule has 1 aliphatic rings. The molecule has 0 saturated carbocycles. The molecule has 0 fully saturated rings. The first-order valence-electron chi connectivity index (χ1n) is 12.7. The second kappa shape index (κ2) is 13.0. The highest BCUT2D eigenvalue weighted by Crippen LogP contribution is 2.32. The first-order valence-corrected chi connectivity index (χ1v) is 13.4. The first kappa shape index (κ1) is 28.4. The Morgan fingerprint density at radius 1 is 1.15 bits per heavy atom. The van der Waals surface area contributed by atoms with E-state index in [0.717, 1.165) is 36.9 Å². The minimum atomic E-state index is -0.555. The number of fused-ring (bicyclic) bond motifs is 2. The molecule has 4 rings (SSSR count). The van der Waals surface area contributed by atoms with E-state index in [2.05, 4.69) is 15.6 Å². The predicted octanol–water partition coefficient (Wildman–Crippen LogP) is 3.26. The van der Waals surface area contributed by atoms with Gasteiger partial charge in [-0.25, -0.2) is 10.8 Å². The van der Waals surface area contributed by atoms with Crippen LogP contribution in [0.1, 0.15) is 37.3 Å². The lowest BCUT2D eigenvalue weighted by Crippen LogP contribution is -2.44. The maximum absolute atomic E-state index is 13.5.